The van der Waals surface area contributed by atoms with Crippen LogP contribution in [-0.4, -0.2) is 29.9 Å². The number of rotatable bonds is 5. The van der Waals surface area contributed by atoms with Crippen LogP contribution in [0.1, 0.15) is 20.8 Å². The second kappa shape index (κ2) is 6.66. The van der Waals surface area contributed by atoms with Crippen LogP contribution in [0.25, 0.3) is 0 Å². The molecule has 0 heterocycles. The molecule has 0 saturated heterocycles. The third kappa shape index (κ3) is 5.87. The second-order valence-corrected chi connectivity index (χ2v) is 6.25. The Kier molecular flexibility index (Phi) is 5.74. The molecule has 4 N–H and O–H groups in total. The van der Waals surface area contributed by atoms with Crippen molar-refractivity contribution < 1.29 is 9.84 Å². The summed E-state index contributed by atoms with van der Waals surface area (Å²) >= 11 is 11.8. The van der Waals surface area contributed by atoms with E-state index in [0.717, 1.165) is 0 Å². The van der Waals surface area contributed by atoms with Crippen LogP contribution in [0, 0.1) is 0 Å². The minimum absolute atomic E-state index is 0.0576. The Morgan fingerprint density at radius 3 is 2.53 bits per heavy atom. The van der Waals surface area contributed by atoms with Gasteiger partial charge in [0.15, 0.2) is 5.75 Å². The number of nitrogens with one attached hydrogen (secondary N) is 1. The first-order valence-corrected chi connectivity index (χ1v) is 6.75. The highest BCUT2D eigenvalue weighted by atomic mass is 35.5. The van der Waals surface area contributed by atoms with Gasteiger partial charge in [-0.3, -0.25) is 0 Å². The quantitative estimate of drug-likeness (QED) is 0.732. The molecule has 4 nitrogen and oxygen atoms in total. The Morgan fingerprint density at radius 2 is 2.00 bits per heavy atom. The highest BCUT2D eigenvalue weighted by Gasteiger charge is 2.14. The Labute approximate surface area is 123 Å². The molecule has 1 rings (SSSR count). The zero-order valence-electron chi connectivity index (χ0n) is 11.3. The predicted molar refractivity (Wildman–Crippen MR) is 80.1 cm³/mol. The van der Waals surface area contributed by atoms with Gasteiger partial charge in [0.25, 0.3) is 0 Å². The molecule has 108 valence electrons. The van der Waals surface area contributed by atoms with Crippen LogP contribution in [-0.2, 0) is 0 Å². The smallest absolute Gasteiger partial charge is 0.160 e. The van der Waals surface area contributed by atoms with E-state index < -0.39 is 6.10 Å². The fraction of sp³-hybridized carbons (Fsp3) is 0.538. The van der Waals surface area contributed by atoms with Crippen LogP contribution in [0.3, 0.4) is 0 Å². The number of anilines is 1. The van der Waals surface area contributed by atoms with Gasteiger partial charge >= 0.3 is 0 Å². The van der Waals surface area contributed by atoms with E-state index in [9.17, 15) is 5.11 Å². The average molecular weight is 307 g/mol. The van der Waals surface area contributed by atoms with Crippen molar-refractivity contribution in [3.8, 4) is 5.75 Å². The largest absolute Gasteiger partial charge is 0.487 e. The lowest BCUT2D eigenvalue weighted by Crippen LogP contribution is -2.42. The van der Waals surface area contributed by atoms with Gasteiger partial charge in [0.1, 0.15) is 12.7 Å². The van der Waals surface area contributed by atoms with E-state index in [1.807, 2.05) is 20.8 Å². The predicted octanol–water partition coefficient (Wildman–Crippen LogP) is 2.70. The summed E-state index contributed by atoms with van der Waals surface area (Å²) in [4.78, 5) is 0. The molecule has 19 heavy (non-hydrogen) atoms. The summed E-state index contributed by atoms with van der Waals surface area (Å²) in [6.45, 7) is 6.60. The molecule has 1 unspecified atom stereocenters. The minimum Gasteiger partial charge on any atom is -0.487 e. The number of nitrogens with two attached hydrogens (primary N) is 1. The zero-order valence-corrected chi connectivity index (χ0v) is 12.8. The molecule has 0 aliphatic carbocycles. The second-order valence-electron chi connectivity index (χ2n) is 5.40. The van der Waals surface area contributed by atoms with Gasteiger partial charge in [-0.1, -0.05) is 23.2 Å². The third-order valence-electron chi connectivity index (χ3n) is 2.33. The van der Waals surface area contributed by atoms with Gasteiger partial charge in [-0.25, -0.2) is 0 Å². The molecule has 0 fully saturated rings. The Hall–Kier alpha value is -0.680. The zero-order chi connectivity index (χ0) is 14.6. The molecule has 0 amide bonds. The molecule has 0 bridgehead atoms. The lowest BCUT2D eigenvalue weighted by atomic mass is 10.1. The Bertz CT molecular complexity index is 410. The molecule has 0 spiro atoms. The van der Waals surface area contributed by atoms with Crippen molar-refractivity contribution in [3.05, 3.63) is 22.2 Å². The number of ether oxygens (including phenoxy) is 1. The SMILES string of the molecule is CC(C)(C)NCC(O)COc1c(N)cc(Cl)cc1Cl. The van der Waals surface area contributed by atoms with Gasteiger partial charge in [0, 0.05) is 17.1 Å². The lowest BCUT2D eigenvalue weighted by Gasteiger charge is -2.23. The molecule has 1 aromatic carbocycles. The number of hydrogen-bond acceptors (Lipinski definition) is 4. The van der Waals surface area contributed by atoms with Crippen molar-refractivity contribution in [1.29, 1.82) is 0 Å². The topological polar surface area (TPSA) is 67.5 Å². The minimum atomic E-state index is -0.648. The first-order chi connectivity index (χ1) is 8.69. The van der Waals surface area contributed by atoms with E-state index in [4.69, 9.17) is 33.7 Å². The maximum atomic E-state index is 9.81. The van der Waals surface area contributed by atoms with Gasteiger partial charge < -0.3 is 20.9 Å². The van der Waals surface area contributed by atoms with Crippen LogP contribution in [0.5, 0.6) is 5.75 Å². The number of halogens is 2. The molecule has 0 aromatic heterocycles. The molecule has 6 heteroatoms. The van der Waals surface area contributed by atoms with Crippen LogP contribution in [0.15, 0.2) is 12.1 Å². The normalized spacial score (nSPS) is 13.4. The van der Waals surface area contributed by atoms with E-state index >= 15 is 0 Å². The highest BCUT2D eigenvalue weighted by Crippen LogP contribution is 2.34. The maximum absolute atomic E-state index is 9.81. The molecule has 0 aliphatic heterocycles. The fourth-order valence-electron chi connectivity index (χ4n) is 1.39. The molecular weight excluding hydrogens is 287 g/mol. The monoisotopic (exact) mass is 306 g/mol. The fourth-order valence-corrected chi connectivity index (χ4v) is 1.96. The molecular formula is C13H20Cl2N2O2. The van der Waals surface area contributed by atoms with Crippen LogP contribution < -0.4 is 15.8 Å². The lowest BCUT2D eigenvalue weighted by molar-refractivity contribution is 0.100. The van der Waals surface area contributed by atoms with E-state index in [-0.39, 0.29) is 12.1 Å². The summed E-state index contributed by atoms with van der Waals surface area (Å²) in [5.41, 5.74) is 6.06. The van der Waals surface area contributed by atoms with E-state index in [2.05, 4.69) is 5.32 Å². The first kappa shape index (κ1) is 16.4. The van der Waals surface area contributed by atoms with Crippen molar-refractivity contribution in [1.82, 2.24) is 5.32 Å². The number of benzene rings is 1. The summed E-state index contributed by atoms with van der Waals surface area (Å²) in [5.74, 6) is 0.348. The number of aliphatic hydroxyl groups excluding tert-OH is 1. The number of hydrogen-bond donors (Lipinski definition) is 3. The average Bonchev–Trinajstić information content (AvgIpc) is 2.23. The van der Waals surface area contributed by atoms with Crippen molar-refractivity contribution in [2.24, 2.45) is 0 Å². The summed E-state index contributed by atoms with van der Waals surface area (Å²) in [6, 6.07) is 3.11. The van der Waals surface area contributed by atoms with E-state index in [1.165, 1.54) is 0 Å². The first-order valence-electron chi connectivity index (χ1n) is 5.99. The summed E-state index contributed by atoms with van der Waals surface area (Å²) in [6.07, 6.45) is -0.648. The number of nitrogen functional groups attached to an aromatic ring is 1. The van der Waals surface area contributed by atoms with Gasteiger partial charge in [0.05, 0.1) is 10.7 Å². The van der Waals surface area contributed by atoms with Crippen LogP contribution >= 0.6 is 23.2 Å². The van der Waals surface area contributed by atoms with Crippen molar-refractivity contribution in [3.63, 3.8) is 0 Å². The summed E-state index contributed by atoms with van der Waals surface area (Å²) < 4.78 is 5.44. The molecule has 0 saturated carbocycles. The van der Waals surface area contributed by atoms with E-state index in [1.54, 1.807) is 12.1 Å². The van der Waals surface area contributed by atoms with Gasteiger partial charge in [-0.15, -0.1) is 0 Å². The van der Waals surface area contributed by atoms with Gasteiger partial charge in [-0.05, 0) is 32.9 Å². The number of aliphatic hydroxyl groups is 1. The van der Waals surface area contributed by atoms with Crippen molar-refractivity contribution >= 4 is 28.9 Å². The van der Waals surface area contributed by atoms with Crippen LogP contribution in [0.2, 0.25) is 10.0 Å². The molecule has 1 aromatic rings. The van der Waals surface area contributed by atoms with Crippen molar-refractivity contribution in [2.45, 2.75) is 32.4 Å². The Balaban J connectivity index is 2.53. The molecule has 0 aliphatic rings. The van der Waals surface area contributed by atoms with Crippen molar-refractivity contribution in [2.75, 3.05) is 18.9 Å². The molecule has 0 radical (unpaired) electrons. The van der Waals surface area contributed by atoms with Gasteiger partial charge in [-0.2, -0.15) is 0 Å². The Morgan fingerprint density at radius 1 is 1.37 bits per heavy atom. The number of β-amino-alcohol motifs (C(OH)–C–C–N with tert-alkyl or cyclic N) is 1. The summed E-state index contributed by atoms with van der Waals surface area (Å²) in [7, 11) is 0. The maximum Gasteiger partial charge on any atom is 0.160 e. The third-order valence-corrected chi connectivity index (χ3v) is 2.82. The van der Waals surface area contributed by atoms with E-state index in [0.29, 0.717) is 28.0 Å². The van der Waals surface area contributed by atoms with Gasteiger partial charge in [0.2, 0.25) is 0 Å². The molecule has 1 atom stereocenters. The summed E-state index contributed by atoms with van der Waals surface area (Å²) in [5, 5.41) is 13.8. The standard InChI is InChI=1S/C13H20Cl2N2O2/c1-13(2,3)17-6-9(18)7-19-12-10(15)4-8(14)5-11(12)16/h4-5,9,17-18H,6-7,16H2,1-3H3. The van der Waals surface area contributed by atoms with Crippen LogP contribution in [0.4, 0.5) is 5.69 Å². The highest BCUT2D eigenvalue weighted by molar-refractivity contribution is 6.36.